The third kappa shape index (κ3) is 3.85. The van der Waals surface area contributed by atoms with Gasteiger partial charge >= 0.3 is 0 Å². The van der Waals surface area contributed by atoms with Gasteiger partial charge in [-0.2, -0.15) is 0 Å². The van der Waals surface area contributed by atoms with Gasteiger partial charge in [-0.1, -0.05) is 56.3 Å². The molecule has 1 amide bonds. The third-order valence-corrected chi connectivity index (χ3v) is 5.33. The van der Waals surface area contributed by atoms with Crippen LogP contribution in [0.3, 0.4) is 0 Å². The van der Waals surface area contributed by atoms with E-state index < -0.39 is 0 Å². The van der Waals surface area contributed by atoms with Crippen LogP contribution in [0.15, 0.2) is 60.7 Å². The smallest absolute Gasteiger partial charge is 0.257 e. The molecule has 1 aliphatic heterocycles. The first kappa shape index (κ1) is 20.2. The monoisotopic (exact) mass is 404 g/mol. The Balaban J connectivity index is 1.87. The Hall–Kier alpha value is -3.05. The summed E-state index contributed by atoms with van der Waals surface area (Å²) in [6, 6.07) is 20.0. The van der Waals surface area contributed by atoms with E-state index in [4.69, 9.17) is 9.47 Å². The molecule has 0 spiro atoms. The van der Waals surface area contributed by atoms with Crippen LogP contribution < -0.4 is 10.1 Å². The zero-order valence-corrected chi connectivity index (χ0v) is 17.7. The van der Waals surface area contributed by atoms with Crippen LogP contribution in [0.4, 0.5) is 5.69 Å². The summed E-state index contributed by atoms with van der Waals surface area (Å²) in [5.41, 5.74) is 2.49. The van der Waals surface area contributed by atoms with Gasteiger partial charge in [0.2, 0.25) is 0 Å². The van der Waals surface area contributed by atoms with Crippen LogP contribution in [0, 0.1) is 5.92 Å². The maximum absolute atomic E-state index is 13.4. The van der Waals surface area contributed by atoms with Crippen LogP contribution in [-0.2, 0) is 4.74 Å². The highest BCUT2D eigenvalue weighted by atomic mass is 16.5. The Morgan fingerprint density at radius 2 is 1.80 bits per heavy atom. The van der Waals surface area contributed by atoms with E-state index in [1.54, 1.807) is 7.11 Å². The van der Waals surface area contributed by atoms with Crippen molar-refractivity contribution in [1.82, 2.24) is 4.90 Å². The molecule has 0 radical (unpaired) electrons. The molecular weight excluding hydrogens is 376 g/mol. The lowest BCUT2D eigenvalue weighted by atomic mass is 9.97. The number of rotatable bonds is 7. The molecule has 0 aromatic heterocycles. The van der Waals surface area contributed by atoms with Crippen molar-refractivity contribution in [2.75, 3.05) is 32.2 Å². The average Bonchev–Trinajstić information content (AvgIpc) is 2.76. The molecule has 0 saturated heterocycles. The first-order chi connectivity index (χ1) is 14.6. The van der Waals surface area contributed by atoms with Crippen molar-refractivity contribution in [2.45, 2.75) is 20.0 Å². The summed E-state index contributed by atoms with van der Waals surface area (Å²) in [6.45, 7) is 5.81. The lowest BCUT2D eigenvalue weighted by Gasteiger charge is -2.39. The van der Waals surface area contributed by atoms with Gasteiger partial charge in [-0.3, -0.25) is 4.79 Å². The fraction of sp³-hybridized carbons (Fsp3) is 0.320. The van der Waals surface area contributed by atoms with Gasteiger partial charge in [0.25, 0.3) is 5.91 Å². The molecular formula is C25H28N2O3. The lowest BCUT2D eigenvalue weighted by molar-refractivity contribution is 0.0607. The Bertz CT molecular complexity index is 1050. The maximum atomic E-state index is 13.4. The number of benzene rings is 3. The molecule has 30 heavy (non-hydrogen) atoms. The minimum absolute atomic E-state index is 0.00542. The molecule has 1 N–H and O–H groups in total. The predicted octanol–water partition coefficient (Wildman–Crippen LogP) is 5.09. The van der Waals surface area contributed by atoms with Gasteiger partial charge in [-0.05, 0) is 34.9 Å². The van der Waals surface area contributed by atoms with Crippen molar-refractivity contribution in [1.29, 1.82) is 0 Å². The van der Waals surface area contributed by atoms with E-state index in [1.807, 2.05) is 47.4 Å². The second-order valence-corrected chi connectivity index (χ2v) is 7.99. The van der Waals surface area contributed by atoms with E-state index >= 15 is 0 Å². The molecule has 5 heteroatoms. The first-order valence-electron chi connectivity index (χ1n) is 10.4. The van der Waals surface area contributed by atoms with Crippen LogP contribution >= 0.6 is 0 Å². The topological polar surface area (TPSA) is 50.8 Å². The number of ether oxygens (including phenoxy) is 2. The molecule has 3 aromatic carbocycles. The zero-order chi connectivity index (χ0) is 21.1. The molecule has 1 aliphatic rings. The summed E-state index contributed by atoms with van der Waals surface area (Å²) in [5, 5.41) is 5.78. The lowest BCUT2D eigenvalue weighted by Crippen LogP contribution is -2.44. The van der Waals surface area contributed by atoms with E-state index in [0.29, 0.717) is 31.2 Å². The van der Waals surface area contributed by atoms with Crippen molar-refractivity contribution in [3.05, 3.63) is 71.8 Å². The van der Waals surface area contributed by atoms with Crippen molar-refractivity contribution in [3.63, 3.8) is 0 Å². The zero-order valence-electron chi connectivity index (χ0n) is 17.7. The first-order valence-corrected chi connectivity index (χ1v) is 10.4. The van der Waals surface area contributed by atoms with Gasteiger partial charge in [0.05, 0.1) is 18.8 Å². The van der Waals surface area contributed by atoms with E-state index in [9.17, 15) is 4.79 Å². The number of para-hydroxylation sites is 1. The fourth-order valence-corrected chi connectivity index (χ4v) is 3.88. The van der Waals surface area contributed by atoms with Crippen LogP contribution in [0.1, 0.15) is 35.9 Å². The largest absolute Gasteiger partial charge is 0.493 e. The highest BCUT2D eigenvalue weighted by Crippen LogP contribution is 2.40. The van der Waals surface area contributed by atoms with Crippen LogP contribution in [-0.4, -0.2) is 37.7 Å². The summed E-state index contributed by atoms with van der Waals surface area (Å²) in [7, 11) is 1.65. The molecule has 0 aliphatic carbocycles. The molecule has 3 aromatic rings. The number of anilines is 1. The highest BCUT2D eigenvalue weighted by Gasteiger charge is 2.35. The van der Waals surface area contributed by atoms with Crippen LogP contribution in [0.5, 0.6) is 5.75 Å². The number of carbonyl (C=O) groups excluding carboxylic acids is 1. The van der Waals surface area contributed by atoms with Crippen molar-refractivity contribution >= 4 is 22.4 Å². The quantitative estimate of drug-likeness (QED) is 0.596. The van der Waals surface area contributed by atoms with Gasteiger partial charge in [0, 0.05) is 24.9 Å². The second-order valence-electron chi connectivity index (χ2n) is 7.99. The summed E-state index contributed by atoms with van der Waals surface area (Å²) in [5.74, 6) is 1.19. The summed E-state index contributed by atoms with van der Waals surface area (Å²) >= 11 is 0. The summed E-state index contributed by atoms with van der Waals surface area (Å²) < 4.78 is 11.5. The Morgan fingerprint density at radius 1 is 1.03 bits per heavy atom. The van der Waals surface area contributed by atoms with Gasteiger partial charge in [-0.25, -0.2) is 0 Å². The van der Waals surface area contributed by atoms with Gasteiger partial charge in [-0.15, -0.1) is 0 Å². The van der Waals surface area contributed by atoms with Gasteiger partial charge in [0.15, 0.2) is 0 Å². The number of hydrogen-bond acceptors (Lipinski definition) is 4. The van der Waals surface area contributed by atoms with Gasteiger partial charge in [0.1, 0.15) is 11.9 Å². The molecule has 1 atom stereocenters. The second kappa shape index (κ2) is 8.76. The Kier molecular flexibility index (Phi) is 5.91. The van der Waals surface area contributed by atoms with Crippen molar-refractivity contribution < 1.29 is 14.3 Å². The third-order valence-electron chi connectivity index (χ3n) is 5.33. The van der Waals surface area contributed by atoms with Crippen LogP contribution in [0.25, 0.3) is 10.8 Å². The van der Waals surface area contributed by atoms with Gasteiger partial charge < -0.3 is 19.7 Å². The van der Waals surface area contributed by atoms with Crippen LogP contribution in [0.2, 0.25) is 0 Å². The number of methoxy groups -OCH3 is 1. The normalized spacial score (nSPS) is 15.9. The number of hydrogen-bond donors (Lipinski definition) is 1. The molecule has 0 saturated carbocycles. The highest BCUT2D eigenvalue weighted by molar-refractivity contribution is 6.02. The van der Waals surface area contributed by atoms with E-state index in [2.05, 4.69) is 37.4 Å². The Labute approximate surface area is 177 Å². The molecule has 1 heterocycles. The van der Waals surface area contributed by atoms with Crippen molar-refractivity contribution in [2.24, 2.45) is 5.92 Å². The summed E-state index contributed by atoms with van der Waals surface area (Å²) in [6.07, 6.45) is -0.351. The minimum atomic E-state index is -0.351. The number of amides is 1. The number of carbonyl (C=O) groups is 1. The number of nitrogens with one attached hydrogen (secondary N) is 1. The molecule has 5 nitrogen and oxygen atoms in total. The molecule has 4 rings (SSSR count). The molecule has 0 fully saturated rings. The minimum Gasteiger partial charge on any atom is -0.493 e. The fourth-order valence-electron chi connectivity index (χ4n) is 3.88. The number of fused-ring (bicyclic) bond motifs is 2. The van der Waals surface area contributed by atoms with E-state index in [-0.39, 0.29) is 12.1 Å². The molecule has 1 unspecified atom stereocenters. The molecule has 156 valence electrons. The van der Waals surface area contributed by atoms with E-state index in [1.165, 1.54) is 0 Å². The predicted molar refractivity (Wildman–Crippen MR) is 120 cm³/mol. The molecule has 0 bridgehead atoms. The van der Waals surface area contributed by atoms with Crippen molar-refractivity contribution in [3.8, 4) is 5.75 Å². The SMILES string of the molecule is COCCN1C(=O)c2ccccc2NC1c1c(OCC(C)C)ccc2ccccc12. The standard InChI is InChI=1S/C25H28N2O3/c1-17(2)16-30-22-13-12-18-8-4-5-9-19(18)23(22)24-26-21-11-7-6-10-20(21)25(28)27(24)14-15-29-3/h4-13,17,24,26H,14-16H2,1-3H3. The maximum Gasteiger partial charge on any atom is 0.257 e. The average molecular weight is 405 g/mol. The number of nitrogens with zero attached hydrogens (tertiary/aromatic N) is 1. The van der Waals surface area contributed by atoms with E-state index in [0.717, 1.165) is 27.8 Å². The Morgan fingerprint density at radius 3 is 2.60 bits per heavy atom. The summed E-state index contributed by atoms with van der Waals surface area (Å²) in [4.78, 5) is 15.3.